The third-order valence-electron chi connectivity index (χ3n) is 8.26. The molecule has 2 bridgehead atoms. The number of fused-ring (bicyclic) bond motifs is 2. The second-order valence-corrected chi connectivity index (χ2v) is 11.1. The fraction of sp³-hybridized carbons (Fsp3) is 0.156. The van der Waals surface area contributed by atoms with E-state index in [1.807, 2.05) is 54.8 Å². The number of carbonyl (C=O) groups excluding carboxylic acids is 1. The third kappa shape index (κ3) is 3.19. The molecule has 3 aliphatic rings. The Morgan fingerprint density at radius 3 is 2.55 bits per heavy atom. The molecule has 0 saturated carbocycles. The highest BCUT2D eigenvalue weighted by Crippen LogP contribution is 2.61. The number of rotatable bonds is 3. The van der Waals surface area contributed by atoms with Crippen LogP contribution in [0, 0.1) is 22.6 Å². The number of thiazole rings is 1. The molecule has 1 heterocycles. The van der Waals surface area contributed by atoms with E-state index in [9.17, 15) is 14.4 Å². The van der Waals surface area contributed by atoms with E-state index < -0.39 is 5.41 Å². The molecule has 3 atom stereocenters. The molecule has 38 heavy (non-hydrogen) atoms. The van der Waals surface area contributed by atoms with E-state index in [-0.39, 0.29) is 23.6 Å². The minimum Gasteiger partial charge on any atom is -0.301 e. The summed E-state index contributed by atoms with van der Waals surface area (Å²) in [5, 5.41) is 16.7. The highest BCUT2D eigenvalue weighted by atomic mass is 32.1. The van der Waals surface area contributed by atoms with Gasteiger partial charge in [0.1, 0.15) is 5.82 Å². The lowest BCUT2D eigenvalue weighted by atomic mass is 9.52. The number of halogens is 1. The minimum absolute atomic E-state index is 0.0183. The van der Waals surface area contributed by atoms with Crippen LogP contribution in [0.1, 0.15) is 53.0 Å². The maximum absolute atomic E-state index is 14.3. The van der Waals surface area contributed by atoms with Crippen LogP contribution in [0.4, 0.5) is 9.52 Å². The van der Waals surface area contributed by atoms with E-state index in [0.717, 1.165) is 27.6 Å². The Kier molecular flexibility index (Phi) is 5.01. The lowest BCUT2D eigenvalue weighted by Crippen LogP contribution is -2.47. The monoisotopic (exact) mass is 515 g/mol. The highest BCUT2D eigenvalue weighted by Gasteiger charge is 2.54. The molecule has 0 fully saturated rings. The zero-order valence-corrected chi connectivity index (χ0v) is 21.4. The number of benzene rings is 4. The van der Waals surface area contributed by atoms with Gasteiger partial charge in [0.2, 0.25) is 5.91 Å². The summed E-state index contributed by atoms with van der Waals surface area (Å²) in [4.78, 5) is 18.7. The quantitative estimate of drug-likeness (QED) is 0.269. The van der Waals surface area contributed by atoms with Gasteiger partial charge in [-0.15, -0.1) is 11.3 Å². The molecule has 0 aliphatic heterocycles. The summed E-state index contributed by atoms with van der Waals surface area (Å²) in [5.41, 5.74) is 5.98. The Hall–Kier alpha value is -4.34. The van der Waals surface area contributed by atoms with Gasteiger partial charge in [-0.2, -0.15) is 5.26 Å². The van der Waals surface area contributed by atoms with Crippen LogP contribution in [0.25, 0.3) is 22.0 Å². The number of carbonyl (C=O) groups is 1. The predicted molar refractivity (Wildman–Crippen MR) is 148 cm³/mol. The molecular formula is C32H22FN3OS. The first-order valence-corrected chi connectivity index (χ1v) is 13.4. The lowest BCUT2D eigenvalue weighted by molar-refractivity contribution is -0.126. The summed E-state index contributed by atoms with van der Waals surface area (Å²) in [6.45, 7) is 2.03. The van der Waals surface area contributed by atoms with Crippen LogP contribution in [0.5, 0.6) is 0 Å². The second kappa shape index (κ2) is 8.34. The van der Waals surface area contributed by atoms with Crippen LogP contribution in [-0.4, -0.2) is 10.9 Å². The van der Waals surface area contributed by atoms with Crippen molar-refractivity contribution in [1.82, 2.24) is 4.98 Å². The number of anilines is 1. The van der Waals surface area contributed by atoms with E-state index in [2.05, 4.69) is 29.6 Å². The van der Waals surface area contributed by atoms with Gasteiger partial charge < -0.3 is 5.32 Å². The first-order chi connectivity index (χ1) is 18.5. The summed E-state index contributed by atoms with van der Waals surface area (Å²) in [7, 11) is 0. The van der Waals surface area contributed by atoms with Gasteiger partial charge in [-0.1, -0.05) is 60.7 Å². The van der Waals surface area contributed by atoms with Crippen LogP contribution in [0.3, 0.4) is 0 Å². The van der Waals surface area contributed by atoms with Crippen LogP contribution in [-0.2, 0) is 4.79 Å². The first kappa shape index (κ1) is 22.8. The summed E-state index contributed by atoms with van der Waals surface area (Å²) in [6, 6.07) is 27.0. The third-order valence-corrected chi connectivity index (χ3v) is 9.02. The Bertz CT molecular complexity index is 1820. The van der Waals surface area contributed by atoms with Crippen molar-refractivity contribution < 1.29 is 9.18 Å². The molecule has 1 aromatic heterocycles. The van der Waals surface area contributed by atoms with Crippen molar-refractivity contribution >= 4 is 33.1 Å². The Morgan fingerprint density at radius 2 is 1.74 bits per heavy atom. The largest absolute Gasteiger partial charge is 0.301 e. The number of nitriles is 1. The van der Waals surface area contributed by atoms with Gasteiger partial charge in [0.15, 0.2) is 5.13 Å². The fourth-order valence-corrected chi connectivity index (χ4v) is 7.29. The number of aromatic nitrogens is 1. The summed E-state index contributed by atoms with van der Waals surface area (Å²) >= 11 is 1.37. The number of nitrogens with one attached hydrogen (secondary N) is 1. The minimum atomic E-state index is -0.714. The molecule has 3 aliphatic carbocycles. The topological polar surface area (TPSA) is 65.8 Å². The van der Waals surface area contributed by atoms with E-state index in [0.29, 0.717) is 28.2 Å². The number of hydrogen-bond donors (Lipinski definition) is 1. The van der Waals surface area contributed by atoms with Gasteiger partial charge in [-0.05, 0) is 59.2 Å². The Labute approximate surface area is 223 Å². The molecular weight excluding hydrogens is 493 g/mol. The molecule has 0 saturated heterocycles. The average Bonchev–Trinajstić information content (AvgIpc) is 3.41. The van der Waals surface area contributed by atoms with Crippen LogP contribution < -0.4 is 5.32 Å². The number of hydrogen-bond acceptors (Lipinski definition) is 4. The maximum atomic E-state index is 14.3. The van der Waals surface area contributed by atoms with Crippen molar-refractivity contribution in [2.75, 3.05) is 5.32 Å². The Morgan fingerprint density at radius 1 is 1.00 bits per heavy atom. The van der Waals surface area contributed by atoms with Crippen molar-refractivity contribution in [2.45, 2.75) is 25.2 Å². The van der Waals surface area contributed by atoms with Gasteiger partial charge in [0, 0.05) is 28.2 Å². The molecule has 1 N–H and O–H groups in total. The highest BCUT2D eigenvalue weighted by molar-refractivity contribution is 7.14. The Balaban J connectivity index is 1.26. The summed E-state index contributed by atoms with van der Waals surface area (Å²) in [5.74, 6) is -0.531. The molecule has 3 unspecified atom stereocenters. The van der Waals surface area contributed by atoms with Crippen LogP contribution in [0.2, 0.25) is 0 Å². The number of nitrogens with zero attached hydrogens (tertiary/aromatic N) is 2. The maximum Gasteiger partial charge on any atom is 0.233 e. The standard InChI is InChI=1S/C32H22FN3OS/c1-32(15-25-20-9-3-5-11-23(20)29(32)24-12-6-7-18(16-34)28(24)25)30(37)36-31-35-27(17-38-31)22-13-14-26(33)21-10-4-2-8-19(21)22/h2-14,17,25,29H,15H2,1H3,(H,35,36,37). The van der Waals surface area contributed by atoms with Gasteiger partial charge >= 0.3 is 0 Å². The van der Waals surface area contributed by atoms with E-state index in [1.54, 1.807) is 12.1 Å². The van der Waals surface area contributed by atoms with Crippen molar-refractivity contribution in [1.29, 1.82) is 5.26 Å². The van der Waals surface area contributed by atoms with Crippen molar-refractivity contribution in [3.63, 3.8) is 0 Å². The molecule has 184 valence electrons. The van der Waals surface area contributed by atoms with Crippen molar-refractivity contribution in [3.8, 4) is 17.3 Å². The average molecular weight is 516 g/mol. The molecule has 6 heteroatoms. The van der Waals surface area contributed by atoms with Gasteiger partial charge in [-0.25, -0.2) is 9.37 Å². The molecule has 0 radical (unpaired) electrons. The SMILES string of the molecule is CC1(C(=O)Nc2nc(-c3ccc(F)c4ccccc34)cs2)CC2c3ccccc3C1c1cccc(C#N)c12. The van der Waals surface area contributed by atoms with Gasteiger partial charge in [0.05, 0.1) is 22.7 Å². The fourth-order valence-electron chi connectivity index (χ4n) is 6.58. The van der Waals surface area contributed by atoms with Crippen LogP contribution in [0.15, 0.2) is 84.2 Å². The normalized spacial score (nSPS) is 21.0. The van der Waals surface area contributed by atoms with E-state index in [1.165, 1.54) is 23.0 Å². The number of amides is 1. The molecule has 4 nitrogen and oxygen atoms in total. The van der Waals surface area contributed by atoms with Gasteiger partial charge in [-0.3, -0.25) is 4.79 Å². The predicted octanol–water partition coefficient (Wildman–Crippen LogP) is 7.60. The molecule has 1 amide bonds. The van der Waals surface area contributed by atoms with E-state index in [4.69, 9.17) is 4.98 Å². The smallest absolute Gasteiger partial charge is 0.233 e. The van der Waals surface area contributed by atoms with Crippen molar-refractivity contribution in [3.05, 3.63) is 118 Å². The van der Waals surface area contributed by atoms with Crippen molar-refractivity contribution in [2.24, 2.45) is 5.41 Å². The van der Waals surface area contributed by atoms with Crippen LogP contribution >= 0.6 is 11.3 Å². The zero-order valence-electron chi connectivity index (χ0n) is 20.5. The lowest BCUT2D eigenvalue weighted by Gasteiger charge is -2.50. The molecule has 0 spiro atoms. The summed E-state index contributed by atoms with van der Waals surface area (Å²) in [6.07, 6.45) is 0.618. The zero-order chi connectivity index (χ0) is 26.0. The molecule has 8 rings (SSSR count). The van der Waals surface area contributed by atoms with Gasteiger partial charge in [0.25, 0.3) is 0 Å². The van der Waals surface area contributed by atoms with E-state index >= 15 is 0 Å². The second-order valence-electron chi connectivity index (χ2n) is 10.3. The summed E-state index contributed by atoms with van der Waals surface area (Å²) < 4.78 is 14.3. The molecule has 5 aromatic rings. The molecule has 4 aromatic carbocycles. The first-order valence-electron chi connectivity index (χ1n) is 12.6.